The molecule has 48 heavy (non-hydrogen) atoms. The highest BCUT2D eigenvalue weighted by molar-refractivity contribution is 5.75. The summed E-state index contributed by atoms with van der Waals surface area (Å²) in [6, 6.07) is 13.5. The number of carbonyl (C=O) groups excluding carboxylic acids is 1. The van der Waals surface area contributed by atoms with E-state index in [1.165, 1.54) is 0 Å². The van der Waals surface area contributed by atoms with Crippen LogP contribution in [0.5, 0.6) is 17.2 Å². The second-order valence-corrected chi connectivity index (χ2v) is 13.4. The zero-order chi connectivity index (χ0) is 33.8. The molecule has 1 amide bonds. The molecule has 4 heterocycles. The molecule has 0 spiro atoms. The fourth-order valence-corrected chi connectivity index (χ4v) is 6.44. The molecule has 2 aliphatic heterocycles. The Morgan fingerprint density at radius 3 is 2.31 bits per heavy atom. The van der Waals surface area contributed by atoms with Crippen molar-refractivity contribution >= 4 is 28.9 Å². The van der Waals surface area contributed by atoms with Crippen LogP contribution in [0.3, 0.4) is 0 Å². The minimum Gasteiger partial charge on any atom is -0.508 e. The lowest BCUT2D eigenvalue weighted by Gasteiger charge is -2.36. The summed E-state index contributed by atoms with van der Waals surface area (Å²) in [5.41, 5.74) is 4.18. The molecule has 0 unspecified atom stereocenters. The Balaban J connectivity index is 1.26. The Labute approximate surface area is 282 Å². The van der Waals surface area contributed by atoms with E-state index in [4.69, 9.17) is 29.2 Å². The van der Waals surface area contributed by atoms with Gasteiger partial charge in [-0.3, -0.25) is 0 Å². The molecule has 0 aliphatic carbocycles. The molecule has 0 bridgehead atoms. The van der Waals surface area contributed by atoms with E-state index in [1.807, 2.05) is 58.3 Å². The molecule has 2 aliphatic rings. The van der Waals surface area contributed by atoms with Crippen LogP contribution in [0.15, 0.2) is 48.8 Å². The standard InChI is InChI=1S/C36H47N7O5/c1-6-47-31-23-29(46-5)13-7-25(31)8-14-30-32-33(43(24-37-32)27-15-17-42(18-16-27)35(45)48-36(2,3)4)39-34(38-30)41-21-19-40(20-22-41)26-9-11-28(44)12-10-26/h7,9-13,23-24,27,44H,6,8,14-22H2,1-5H3. The molecule has 4 aromatic rings. The van der Waals surface area contributed by atoms with Crippen LogP contribution in [-0.2, 0) is 17.6 Å². The van der Waals surface area contributed by atoms with Gasteiger partial charge < -0.3 is 38.6 Å². The van der Waals surface area contributed by atoms with Crippen molar-refractivity contribution in [1.29, 1.82) is 0 Å². The number of imidazole rings is 1. The van der Waals surface area contributed by atoms with Crippen molar-refractivity contribution in [2.75, 3.05) is 62.8 Å². The molecule has 0 atom stereocenters. The molecular formula is C36H47N7O5. The first-order valence-corrected chi connectivity index (χ1v) is 16.9. The number of phenolic OH excluding ortho intramolecular Hbond substituents is 1. The number of aromatic nitrogens is 4. The van der Waals surface area contributed by atoms with E-state index in [1.54, 1.807) is 24.1 Å². The number of ether oxygens (including phenoxy) is 3. The Bertz CT molecular complexity index is 1700. The molecule has 2 saturated heterocycles. The van der Waals surface area contributed by atoms with Crippen LogP contribution in [0.2, 0.25) is 0 Å². The lowest BCUT2D eigenvalue weighted by Crippen LogP contribution is -2.47. The number of hydrogen-bond acceptors (Lipinski definition) is 10. The van der Waals surface area contributed by atoms with Gasteiger partial charge in [0.25, 0.3) is 0 Å². The van der Waals surface area contributed by atoms with Crippen LogP contribution in [0.25, 0.3) is 11.2 Å². The van der Waals surface area contributed by atoms with Crippen molar-refractivity contribution in [3.8, 4) is 17.2 Å². The number of fused-ring (bicyclic) bond motifs is 1. The Hall–Kier alpha value is -4.74. The normalized spacial score (nSPS) is 16.0. The van der Waals surface area contributed by atoms with Gasteiger partial charge in [-0.2, -0.15) is 4.98 Å². The first-order valence-electron chi connectivity index (χ1n) is 16.9. The molecule has 12 heteroatoms. The SMILES string of the molecule is CCOc1cc(OC)ccc1CCc1nc(N2CCN(c3ccc(O)cc3)CC2)nc2c1ncn2C1CCN(C(=O)OC(C)(C)C)CC1. The van der Waals surface area contributed by atoms with Crippen LogP contribution in [0, 0.1) is 0 Å². The van der Waals surface area contributed by atoms with Gasteiger partial charge in [-0.15, -0.1) is 0 Å². The maximum absolute atomic E-state index is 12.7. The third kappa shape index (κ3) is 7.53. The highest BCUT2D eigenvalue weighted by atomic mass is 16.6. The lowest BCUT2D eigenvalue weighted by atomic mass is 10.0. The number of piperazine rings is 1. The average Bonchev–Trinajstić information content (AvgIpc) is 3.52. The maximum atomic E-state index is 12.7. The van der Waals surface area contributed by atoms with Gasteiger partial charge in [0.05, 0.1) is 25.7 Å². The van der Waals surface area contributed by atoms with Gasteiger partial charge in [-0.05, 0) is 89.3 Å². The van der Waals surface area contributed by atoms with E-state index in [0.29, 0.717) is 32.1 Å². The van der Waals surface area contributed by atoms with Crippen molar-refractivity contribution in [2.24, 2.45) is 0 Å². The highest BCUT2D eigenvalue weighted by Gasteiger charge is 2.30. The lowest BCUT2D eigenvalue weighted by molar-refractivity contribution is 0.0189. The van der Waals surface area contributed by atoms with Gasteiger partial charge in [-0.25, -0.2) is 14.8 Å². The minimum atomic E-state index is -0.525. The quantitative estimate of drug-likeness (QED) is 0.243. The summed E-state index contributed by atoms with van der Waals surface area (Å²) in [7, 11) is 1.66. The van der Waals surface area contributed by atoms with E-state index >= 15 is 0 Å². The summed E-state index contributed by atoms with van der Waals surface area (Å²) in [6.07, 6.45) is 4.59. The fourth-order valence-electron chi connectivity index (χ4n) is 6.44. The fraction of sp³-hybridized carbons (Fsp3) is 0.500. The average molecular weight is 658 g/mol. The van der Waals surface area contributed by atoms with Gasteiger partial charge in [-0.1, -0.05) is 6.07 Å². The number of piperidine rings is 1. The second kappa shape index (κ2) is 14.2. The number of rotatable bonds is 9. The van der Waals surface area contributed by atoms with Gasteiger partial charge in [0.15, 0.2) is 5.65 Å². The molecule has 0 saturated carbocycles. The predicted molar refractivity (Wildman–Crippen MR) is 186 cm³/mol. The molecule has 1 N–H and O–H groups in total. The third-order valence-corrected chi connectivity index (χ3v) is 8.97. The number of benzene rings is 2. The van der Waals surface area contributed by atoms with Crippen molar-refractivity contribution in [3.63, 3.8) is 0 Å². The summed E-state index contributed by atoms with van der Waals surface area (Å²) in [4.78, 5) is 34.3. The molecule has 0 radical (unpaired) electrons. The number of nitrogens with zero attached hydrogens (tertiary/aromatic N) is 7. The van der Waals surface area contributed by atoms with Crippen molar-refractivity contribution < 1.29 is 24.1 Å². The van der Waals surface area contributed by atoms with Crippen LogP contribution in [-0.4, -0.2) is 94.2 Å². The molecule has 2 fully saturated rings. The van der Waals surface area contributed by atoms with Gasteiger partial charge in [0.2, 0.25) is 5.95 Å². The molecular weight excluding hydrogens is 610 g/mol. The molecule has 2 aromatic heterocycles. The molecule has 12 nitrogen and oxygen atoms in total. The highest BCUT2D eigenvalue weighted by Crippen LogP contribution is 2.31. The number of carbonyl (C=O) groups is 1. The van der Waals surface area contributed by atoms with Gasteiger partial charge in [0, 0.05) is 57.1 Å². The van der Waals surface area contributed by atoms with E-state index in [0.717, 1.165) is 85.0 Å². The van der Waals surface area contributed by atoms with Crippen LogP contribution in [0.1, 0.15) is 57.8 Å². The minimum absolute atomic E-state index is 0.154. The van der Waals surface area contributed by atoms with E-state index < -0.39 is 5.60 Å². The molecule has 6 rings (SSSR count). The number of aromatic hydroxyl groups is 1. The van der Waals surface area contributed by atoms with Crippen molar-refractivity contribution in [3.05, 3.63) is 60.0 Å². The van der Waals surface area contributed by atoms with Gasteiger partial charge >= 0.3 is 6.09 Å². The van der Waals surface area contributed by atoms with Crippen molar-refractivity contribution in [2.45, 2.75) is 65.0 Å². The summed E-state index contributed by atoms with van der Waals surface area (Å²) in [5, 5.41) is 9.73. The Morgan fingerprint density at radius 1 is 0.938 bits per heavy atom. The largest absolute Gasteiger partial charge is 0.508 e. The summed E-state index contributed by atoms with van der Waals surface area (Å²) in [5.74, 6) is 2.55. The second-order valence-electron chi connectivity index (χ2n) is 13.4. The smallest absolute Gasteiger partial charge is 0.410 e. The van der Waals surface area contributed by atoms with Gasteiger partial charge in [0.1, 0.15) is 28.4 Å². The molecule has 2 aromatic carbocycles. The number of hydrogen-bond donors (Lipinski definition) is 1. The summed E-state index contributed by atoms with van der Waals surface area (Å²) < 4.78 is 19.2. The van der Waals surface area contributed by atoms with Crippen LogP contribution >= 0.6 is 0 Å². The zero-order valence-electron chi connectivity index (χ0n) is 28.7. The predicted octanol–water partition coefficient (Wildman–Crippen LogP) is 5.62. The van der Waals surface area contributed by atoms with E-state index in [2.05, 4.69) is 20.4 Å². The zero-order valence-corrected chi connectivity index (χ0v) is 28.7. The van der Waals surface area contributed by atoms with E-state index in [-0.39, 0.29) is 17.9 Å². The first kappa shape index (κ1) is 33.2. The Kier molecular flexibility index (Phi) is 9.79. The van der Waals surface area contributed by atoms with Crippen LogP contribution < -0.4 is 19.3 Å². The number of methoxy groups -OCH3 is 1. The topological polar surface area (TPSA) is 118 Å². The van der Waals surface area contributed by atoms with Crippen LogP contribution in [0.4, 0.5) is 16.4 Å². The van der Waals surface area contributed by atoms with Crippen molar-refractivity contribution in [1.82, 2.24) is 24.4 Å². The Morgan fingerprint density at radius 2 is 1.65 bits per heavy atom. The number of anilines is 2. The first-order chi connectivity index (χ1) is 23.1. The number of phenols is 1. The molecule has 256 valence electrons. The maximum Gasteiger partial charge on any atom is 0.410 e. The summed E-state index contributed by atoms with van der Waals surface area (Å²) >= 11 is 0. The monoisotopic (exact) mass is 657 g/mol. The number of likely N-dealkylation sites (tertiary alicyclic amines) is 1. The number of aryl methyl sites for hydroxylation is 2. The number of amides is 1. The third-order valence-electron chi connectivity index (χ3n) is 8.97. The summed E-state index contributed by atoms with van der Waals surface area (Å²) in [6.45, 7) is 12.6. The van der Waals surface area contributed by atoms with E-state index in [9.17, 15) is 9.90 Å².